The van der Waals surface area contributed by atoms with Crippen LogP contribution in [0, 0.1) is 0 Å². The van der Waals surface area contributed by atoms with Crippen LogP contribution in [0.2, 0.25) is 0 Å². The normalized spacial score (nSPS) is 10.9. The number of hydrogen-bond acceptors (Lipinski definition) is 1. The third kappa shape index (κ3) is 3.94. The Morgan fingerprint density at radius 2 is 2.07 bits per heavy atom. The van der Waals surface area contributed by atoms with Crippen LogP contribution in [0.1, 0.15) is 26.7 Å². The molecule has 1 aromatic rings. The van der Waals surface area contributed by atoms with Gasteiger partial charge in [-0.15, -0.1) is 0 Å². The summed E-state index contributed by atoms with van der Waals surface area (Å²) in [4.78, 5) is 0. The van der Waals surface area contributed by atoms with Crippen molar-refractivity contribution >= 4 is 30.9 Å². The zero-order valence-electron chi connectivity index (χ0n) is 8.59. The van der Waals surface area contributed by atoms with Crippen LogP contribution < -0.4 is 5.19 Å². The highest BCUT2D eigenvalue weighted by atomic mass is 79.9. The van der Waals surface area contributed by atoms with E-state index in [4.69, 9.17) is 4.43 Å². The Morgan fingerprint density at radius 3 is 2.64 bits per heavy atom. The summed E-state index contributed by atoms with van der Waals surface area (Å²) in [7, 11) is 0.465. The van der Waals surface area contributed by atoms with E-state index in [1.165, 1.54) is 5.19 Å². The first-order valence-corrected chi connectivity index (χ1v) is 6.63. The number of rotatable bonds is 5. The van der Waals surface area contributed by atoms with E-state index in [-0.39, 0.29) is 0 Å². The van der Waals surface area contributed by atoms with Crippen molar-refractivity contribution in [3.63, 3.8) is 0 Å². The maximum atomic E-state index is 5.79. The Hall–Kier alpha value is -0.123. The van der Waals surface area contributed by atoms with E-state index in [0.29, 0.717) is 15.9 Å². The predicted molar refractivity (Wildman–Crippen MR) is 65.0 cm³/mol. The molecule has 0 aromatic heterocycles. The minimum Gasteiger partial charge on any atom is -0.409 e. The molecular weight excluding hydrogens is 256 g/mol. The molecule has 0 N–H and O–H groups in total. The van der Waals surface area contributed by atoms with Crippen LogP contribution in [0.3, 0.4) is 0 Å². The molecule has 3 heteroatoms. The van der Waals surface area contributed by atoms with Crippen molar-refractivity contribution in [1.82, 2.24) is 0 Å². The molecule has 0 heterocycles. The minimum absolute atomic E-state index is 0.410. The summed E-state index contributed by atoms with van der Waals surface area (Å²) in [5.74, 6) is 0. The van der Waals surface area contributed by atoms with Crippen molar-refractivity contribution in [2.45, 2.75) is 32.8 Å². The van der Waals surface area contributed by atoms with Gasteiger partial charge in [0.2, 0.25) is 0 Å². The highest BCUT2D eigenvalue weighted by Gasteiger charge is 2.04. The van der Waals surface area contributed by atoms with E-state index < -0.39 is 0 Å². The van der Waals surface area contributed by atoms with Gasteiger partial charge in [0.15, 0.2) is 0 Å². The first-order valence-electron chi connectivity index (χ1n) is 4.93. The van der Waals surface area contributed by atoms with Gasteiger partial charge in [-0.3, -0.25) is 0 Å². The summed E-state index contributed by atoms with van der Waals surface area (Å²) in [5.41, 5.74) is 0. The Kier molecular flexibility index (Phi) is 5.44. The van der Waals surface area contributed by atoms with Crippen LogP contribution in [0.25, 0.3) is 0 Å². The van der Waals surface area contributed by atoms with E-state index in [1.807, 2.05) is 12.1 Å². The minimum atomic E-state index is 0.410. The summed E-state index contributed by atoms with van der Waals surface area (Å²) in [5, 5.41) is 1.26. The molecule has 1 nitrogen and oxygen atoms in total. The predicted octanol–water partition coefficient (Wildman–Crippen LogP) is 2.90. The van der Waals surface area contributed by atoms with Crippen LogP contribution >= 0.6 is 15.9 Å². The van der Waals surface area contributed by atoms with Gasteiger partial charge in [0.1, 0.15) is 0 Å². The highest BCUT2D eigenvalue weighted by molar-refractivity contribution is 9.10. The van der Waals surface area contributed by atoms with Crippen LogP contribution in [-0.4, -0.2) is 15.9 Å². The molecule has 0 spiro atoms. The molecule has 2 radical (unpaired) electrons. The lowest BCUT2D eigenvalue weighted by Crippen LogP contribution is -2.23. The fraction of sp³-hybridized carbons (Fsp3) is 0.455. The zero-order valence-corrected chi connectivity index (χ0v) is 11.2. The van der Waals surface area contributed by atoms with Gasteiger partial charge in [-0.25, -0.2) is 0 Å². The first kappa shape index (κ1) is 11.9. The highest BCUT2D eigenvalue weighted by Crippen LogP contribution is 2.06. The van der Waals surface area contributed by atoms with Gasteiger partial charge >= 0.3 is 0 Å². The molecule has 76 valence electrons. The smallest absolute Gasteiger partial charge is 0.269 e. The van der Waals surface area contributed by atoms with Gasteiger partial charge in [-0.05, 0) is 30.2 Å². The SMILES string of the molecule is CCC(CC)O[Si]c1cccc(Br)c1. The van der Waals surface area contributed by atoms with Gasteiger partial charge in [0.25, 0.3) is 9.76 Å². The quantitative estimate of drug-likeness (QED) is 0.748. The van der Waals surface area contributed by atoms with Crippen molar-refractivity contribution in [3.8, 4) is 0 Å². The van der Waals surface area contributed by atoms with Crippen molar-refractivity contribution in [1.29, 1.82) is 0 Å². The van der Waals surface area contributed by atoms with Crippen LogP contribution in [0.15, 0.2) is 28.7 Å². The lowest BCUT2D eigenvalue weighted by atomic mass is 10.2. The maximum absolute atomic E-state index is 5.79. The molecule has 0 fully saturated rings. The molecular formula is C11H15BrOSi. The Bertz CT molecular complexity index is 274. The van der Waals surface area contributed by atoms with Gasteiger partial charge in [-0.1, -0.05) is 41.9 Å². The molecule has 0 unspecified atom stereocenters. The third-order valence-electron chi connectivity index (χ3n) is 2.08. The lowest BCUT2D eigenvalue weighted by Gasteiger charge is -2.12. The topological polar surface area (TPSA) is 9.23 Å². The summed E-state index contributed by atoms with van der Waals surface area (Å²) >= 11 is 3.45. The fourth-order valence-electron chi connectivity index (χ4n) is 1.16. The summed E-state index contributed by atoms with van der Waals surface area (Å²) < 4.78 is 6.91. The average molecular weight is 271 g/mol. The molecule has 0 saturated heterocycles. The standard InChI is InChI=1S/C11H15BrOSi/c1-3-10(4-2)13-14-11-7-5-6-9(12)8-11/h5-8,10H,3-4H2,1-2H3. The van der Waals surface area contributed by atoms with Crippen molar-refractivity contribution < 1.29 is 4.43 Å². The molecule has 0 atom stereocenters. The number of benzene rings is 1. The van der Waals surface area contributed by atoms with Gasteiger partial charge in [0.05, 0.1) is 0 Å². The first-order chi connectivity index (χ1) is 6.76. The van der Waals surface area contributed by atoms with Crippen LogP contribution in [0.5, 0.6) is 0 Å². The number of hydrogen-bond donors (Lipinski definition) is 0. The molecule has 0 aliphatic carbocycles. The summed E-state index contributed by atoms with van der Waals surface area (Å²) in [6.07, 6.45) is 2.60. The van der Waals surface area contributed by atoms with E-state index in [9.17, 15) is 0 Å². The van der Waals surface area contributed by atoms with Gasteiger partial charge in [-0.2, -0.15) is 0 Å². The van der Waals surface area contributed by atoms with Crippen LogP contribution in [-0.2, 0) is 4.43 Å². The second kappa shape index (κ2) is 6.38. The summed E-state index contributed by atoms with van der Waals surface area (Å²) in [6, 6.07) is 8.29. The maximum Gasteiger partial charge on any atom is 0.269 e. The molecule has 0 bridgehead atoms. The molecule has 0 aliphatic heterocycles. The van der Waals surface area contributed by atoms with Crippen molar-refractivity contribution in [2.75, 3.05) is 0 Å². The van der Waals surface area contributed by atoms with Gasteiger partial charge in [0, 0.05) is 10.6 Å². The van der Waals surface area contributed by atoms with Crippen LogP contribution in [0.4, 0.5) is 0 Å². The Labute approximate surface area is 96.9 Å². The van der Waals surface area contributed by atoms with Crippen molar-refractivity contribution in [2.24, 2.45) is 0 Å². The van der Waals surface area contributed by atoms with E-state index in [2.05, 4.69) is 41.9 Å². The summed E-state index contributed by atoms with van der Waals surface area (Å²) in [6.45, 7) is 4.33. The molecule has 0 aliphatic rings. The monoisotopic (exact) mass is 270 g/mol. The zero-order chi connectivity index (χ0) is 10.4. The van der Waals surface area contributed by atoms with E-state index in [1.54, 1.807) is 0 Å². The number of halogens is 1. The fourth-order valence-corrected chi connectivity index (χ4v) is 2.78. The second-order valence-corrected chi connectivity index (χ2v) is 5.10. The van der Waals surface area contributed by atoms with Crippen molar-refractivity contribution in [3.05, 3.63) is 28.7 Å². The molecule has 0 amide bonds. The molecule has 1 rings (SSSR count). The second-order valence-electron chi connectivity index (χ2n) is 3.17. The molecule has 14 heavy (non-hydrogen) atoms. The van der Waals surface area contributed by atoms with Gasteiger partial charge < -0.3 is 4.43 Å². The molecule has 0 saturated carbocycles. The lowest BCUT2D eigenvalue weighted by molar-refractivity contribution is 0.206. The molecule has 1 aromatic carbocycles. The Balaban J connectivity index is 2.44. The van der Waals surface area contributed by atoms with E-state index >= 15 is 0 Å². The Morgan fingerprint density at radius 1 is 1.36 bits per heavy atom. The average Bonchev–Trinajstić information content (AvgIpc) is 2.19. The third-order valence-corrected chi connectivity index (χ3v) is 3.57. The largest absolute Gasteiger partial charge is 0.409 e. The van der Waals surface area contributed by atoms with E-state index in [0.717, 1.165) is 17.3 Å².